The van der Waals surface area contributed by atoms with Crippen LogP contribution in [-0.2, 0) is 6.54 Å². The van der Waals surface area contributed by atoms with E-state index in [-0.39, 0.29) is 12.4 Å². The smallest absolute Gasteiger partial charge is 0.120 e. The van der Waals surface area contributed by atoms with Crippen molar-refractivity contribution < 1.29 is 9.50 Å². The minimum absolute atomic E-state index is 0.210. The third kappa shape index (κ3) is 3.52. The van der Waals surface area contributed by atoms with Gasteiger partial charge in [0.2, 0.25) is 0 Å². The molecule has 0 atom stereocenters. The van der Waals surface area contributed by atoms with Crippen LogP contribution in [0.25, 0.3) is 0 Å². The van der Waals surface area contributed by atoms with Crippen LogP contribution in [0.3, 0.4) is 0 Å². The number of halogens is 2. The summed E-state index contributed by atoms with van der Waals surface area (Å²) in [5.74, 6) is 0.210. The molecular formula is C10H13ClFNO. The van der Waals surface area contributed by atoms with E-state index in [9.17, 15) is 9.50 Å². The molecule has 0 amide bonds. The molecule has 2 N–H and O–H groups in total. The predicted molar refractivity (Wildman–Crippen MR) is 55.4 cm³/mol. The Balaban J connectivity index is 2.45. The summed E-state index contributed by atoms with van der Waals surface area (Å²) in [4.78, 5) is 0. The van der Waals surface area contributed by atoms with Gasteiger partial charge in [0, 0.05) is 17.1 Å². The Bertz CT molecular complexity index is 293. The van der Waals surface area contributed by atoms with E-state index in [1.165, 1.54) is 0 Å². The first-order chi connectivity index (χ1) is 6.74. The van der Waals surface area contributed by atoms with Crippen molar-refractivity contribution in [1.82, 2.24) is 5.32 Å². The zero-order valence-electron chi connectivity index (χ0n) is 7.76. The summed E-state index contributed by atoms with van der Waals surface area (Å²) in [7, 11) is 0. The van der Waals surface area contributed by atoms with Gasteiger partial charge in [-0.15, -0.1) is 0 Å². The molecule has 0 aliphatic heterocycles. The Labute approximate surface area is 87.7 Å². The number of rotatable bonds is 5. The molecule has 0 bridgehead atoms. The molecule has 0 spiro atoms. The lowest BCUT2D eigenvalue weighted by molar-refractivity contribution is 0.450. The predicted octanol–water partition coefficient (Wildman–Crippen LogP) is 2.49. The van der Waals surface area contributed by atoms with Gasteiger partial charge in [0.1, 0.15) is 5.75 Å². The van der Waals surface area contributed by atoms with E-state index in [1.54, 1.807) is 18.2 Å². The third-order valence-electron chi connectivity index (χ3n) is 1.84. The van der Waals surface area contributed by atoms with Crippen molar-refractivity contribution in [3.05, 3.63) is 28.8 Å². The standard InChI is InChI=1S/C10H13ClFNO/c11-9-2-3-10(14)8(6-9)7-13-5-1-4-12/h2-3,6,13-14H,1,4-5,7H2. The van der Waals surface area contributed by atoms with Gasteiger partial charge in [-0.1, -0.05) is 11.6 Å². The van der Waals surface area contributed by atoms with Crippen LogP contribution in [0.15, 0.2) is 18.2 Å². The maximum atomic E-state index is 11.8. The molecule has 0 fully saturated rings. The van der Waals surface area contributed by atoms with E-state index in [0.29, 0.717) is 24.5 Å². The minimum atomic E-state index is -0.325. The van der Waals surface area contributed by atoms with Crippen LogP contribution in [-0.4, -0.2) is 18.3 Å². The molecule has 1 aromatic carbocycles. The van der Waals surface area contributed by atoms with Crippen molar-refractivity contribution in [1.29, 1.82) is 0 Å². The molecule has 0 aliphatic rings. The number of phenolic OH excluding ortho intramolecular Hbond substituents is 1. The van der Waals surface area contributed by atoms with E-state index in [2.05, 4.69) is 5.32 Å². The molecular weight excluding hydrogens is 205 g/mol. The SMILES string of the molecule is Oc1ccc(Cl)cc1CNCCCF. The Morgan fingerprint density at radius 3 is 2.93 bits per heavy atom. The Morgan fingerprint density at radius 2 is 2.21 bits per heavy atom. The first-order valence-electron chi connectivity index (χ1n) is 4.48. The van der Waals surface area contributed by atoms with Gasteiger partial charge in [0.05, 0.1) is 6.67 Å². The third-order valence-corrected chi connectivity index (χ3v) is 2.08. The van der Waals surface area contributed by atoms with Gasteiger partial charge in [-0.3, -0.25) is 4.39 Å². The lowest BCUT2D eigenvalue weighted by Crippen LogP contribution is -2.15. The van der Waals surface area contributed by atoms with Crippen LogP contribution >= 0.6 is 11.6 Å². The maximum absolute atomic E-state index is 11.8. The summed E-state index contributed by atoms with van der Waals surface area (Å²) < 4.78 is 11.8. The molecule has 0 aromatic heterocycles. The van der Waals surface area contributed by atoms with Crippen molar-refractivity contribution in [2.45, 2.75) is 13.0 Å². The maximum Gasteiger partial charge on any atom is 0.120 e. The van der Waals surface area contributed by atoms with E-state index in [1.807, 2.05) is 0 Å². The highest BCUT2D eigenvalue weighted by atomic mass is 35.5. The van der Waals surface area contributed by atoms with Crippen LogP contribution < -0.4 is 5.32 Å². The molecule has 0 radical (unpaired) electrons. The molecule has 0 unspecified atom stereocenters. The number of hydrogen-bond acceptors (Lipinski definition) is 2. The second kappa shape index (κ2) is 5.83. The fourth-order valence-electron chi connectivity index (χ4n) is 1.11. The molecule has 78 valence electrons. The average Bonchev–Trinajstić information content (AvgIpc) is 2.18. The number of aromatic hydroxyl groups is 1. The van der Waals surface area contributed by atoms with Crippen LogP contribution in [0.2, 0.25) is 5.02 Å². The number of alkyl halides is 1. The van der Waals surface area contributed by atoms with E-state index < -0.39 is 0 Å². The van der Waals surface area contributed by atoms with E-state index in [0.717, 1.165) is 5.56 Å². The summed E-state index contributed by atoms with van der Waals surface area (Å²) in [6.45, 7) is 0.781. The number of benzene rings is 1. The first kappa shape index (κ1) is 11.3. The van der Waals surface area contributed by atoms with Gasteiger partial charge < -0.3 is 10.4 Å². The lowest BCUT2D eigenvalue weighted by atomic mass is 10.2. The lowest BCUT2D eigenvalue weighted by Gasteiger charge is -2.06. The fourth-order valence-corrected chi connectivity index (χ4v) is 1.31. The molecule has 1 rings (SSSR count). The van der Waals surface area contributed by atoms with Gasteiger partial charge in [0.15, 0.2) is 0 Å². The molecule has 0 saturated carbocycles. The van der Waals surface area contributed by atoms with E-state index in [4.69, 9.17) is 11.6 Å². The summed E-state index contributed by atoms with van der Waals surface area (Å²) >= 11 is 5.76. The van der Waals surface area contributed by atoms with Crippen molar-refractivity contribution in [2.75, 3.05) is 13.2 Å². The van der Waals surface area contributed by atoms with Crippen molar-refractivity contribution >= 4 is 11.6 Å². The topological polar surface area (TPSA) is 32.3 Å². The van der Waals surface area contributed by atoms with Crippen molar-refractivity contribution in [3.8, 4) is 5.75 Å². The summed E-state index contributed by atoms with van der Waals surface area (Å²) in [5, 5.41) is 13.0. The molecule has 0 heterocycles. The molecule has 2 nitrogen and oxygen atoms in total. The van der Waals surface area contributed by atoms with Gasteiger partial charge >= 0.3 is 0 Å². The van der Waals surface area contributed by atoms with Crippen LogP contribution in [0.5, 0.6) is 5.75 Å². The highest BCUT2D eigenvalue weighted by Crippen LogP contribution is 2.20. The molecule has 4 heteroatoms. The van der Waals surface area contributed by atoms with Crippen LogP contribution in [0.4, 0.5) is 4.39 Å². The molecule has 1 aromatic rings. The Morgan fingerprint density at radius 1 is 1.43 bits per heavy atom. The molecule has 0 aliphatic carbocycles. The quantitative estimate of drug-likeness (QED) is 0.743. The largest absolute Gasteiger partial charge is 0.508 e. The van der Waals surface area contributed by atoms with Crippen LogP contribution in [0, 0.1) is 0 Å². The number of nitrogens with one attached hydrogen (secondary N) is 1. The summed E-state index contributed by atoms with van der Waals surface area (Å²) in [6.07, 6.45) is 0.487. The number of phenols is 1. The van der Waals surface area contributed by atoms with Gasteiger partial charge in [0.25, 0.3) is 0 Å². The van der Waals surface area contributed by atoms with Gasteiger partial charge in [-0.05, 0) is 31.2 Å². The first-order valence-corrected chi connectivity index (χ1v) is 4.86. The van der Waals surface area contributed by atoms with Gasteiger partial charge in [-0.25, -0.2) is 0 Å². The van der Waals surface area contributed by atoms with Crippen molar-refractivity contribution in [2.24, 2.45) is 0 Å². The second-order valence-electron chi connectivity index (χ2n) is 2.99. The minimum Gasteiger partial charge on any atom is -0.508 e. The van der Waals surface area contributed by atoms with Gasteiger partial charge in [-0.2, -0.15) is 0 Å². The fraction of sp³-hybridized carbons (Fsp3) is 0.400. The molecule has 14 heavy (non-hydrogen) atoms. The summed E-state index contributed by atoms with van der Waals surface area (Å²) in [6, 6.07) is 4.87. The highest BCUT2D eigenvalue weighted by molar-refractivity contribution is 6.30. The average molecular weight is 218 g/mol. The Kier molecular flexibility index (Phi) is 4.70. The van der Waals surface area contributed by atoms with Crippen LogP contribution in [0.1, 0.15) is 12.0 Å². The zero-order valence-corrected chi connectivity index (χ0v) is 8.52. The zero-order chi connectivity index (χ0) is 10.4. The van der Waals surface area contributed by atoms with E-state index >= 15 is 0 Å². The number of hydrogen-bond donors (Lipinski definition) is 2. The summed E-state index contributed by atoms with van der Waals surface area (Å²) in [5.41, 5.74) is 0.733. The monoisotopic (exact) mass is 217 g/mol. The second-order valence-corrected chi connectivity index (χ2v) is 3.43. The van der Waals surface area contributed by atoms with Crippen molar-refractivity contribution in [3.63, 3.8) is 0 Å². The Hall–Kier alpha value is -0.800. The molecule has 0 saturated heterocycles. The normalized spacial score (nSPS) is 10.4. The highest BCUT2D eigenvalue weighted by Gasteiger charge is 2.00.